The van der Waals surface area contributed by atoms with Gasteiger partial charge in [0.1, 0.15) is 16.9 Å². The monoisotopic (exact) mass is 292 g/mol. The molecule has 0 spiro atoms. The second kappa shape index (κ2) is 4.92. The summed E-state index contributed by atoms with van der Waals surface area (Å²) >= 11 is 0. The Morgan fingerprint density at radius 2 is 1.77 bits per heavy atom. The zero-order valence-corrected chi connectivity index (χ0v) is 12.8. The van der Waals surface area contributed by atoms with E-state index >= 15 is 0 Å². The summed E-state index contributed by atoms with van der Waals surface area (Å²) < 4.78 is 11.6. The first-order valence-corrected chi connectivity index (χ1v) is 7.04. The van der Waals surface area contributed by atoms with Crippen LogP contribution in [0.25, 0.3) is 21.9 Å². The van der Waals surface area contributed by atoms with Crippen LogP contribution < -0.4 is 4.74 Å². The largest absolute Gasteiger partial charge is 0.475 e. The number of fused-ring (bicyclic) bond motifs is 3. The van der Waals surface area contributed by atoms with E-state index in [9.17, 15) is 4.79 Å². The van der Waals surface area contributed by atoms with Crippen molar-refractivity contribution in [3.05, 3.63) is 42.0 Å². The van der Waals surface area contributed by atoms with Gasteiger partial charge in [-0.1, -0.05) is 5.92 Å². The summed E-state index contributed by atoms with van der Waals surface area (Å²) in [7, 11) is 0. The number of carbonyl (C=O) groups excluding carboxylic acids is 1. The number of terminal acetylenes is 1. The van der Waals surface area contributed by atoms with Crippen LogP contribution in [0.1, 0.15) is 31.1 Å². The lowest BCUT2D eigenvalue weighted by Gasteiger charge is -2.20. The molecule has 3 rings (SSSR count). The van der Waals surface area contributed by atoms with Gasteiger partial charge in [0.15, 0.2) is 11.4 Å². The zero-order valence-electron chi connectivity index (χ0n) is 12.8. The van der Waals surface area contributed by atoms with Crippen LogP contribution in [0.3, 0.4) is 0 Å². The minimum atomic E-state index is -0.683. The van der Waals surface area contributed by atoms with Gasteiger partial charge < -0.3 is 9.15 Å². The Morgan fingerprint density at radius 1 is 1.14 bits per heavy atom. The molecule has 3 aromatic rings. The number of furan rings is 1. The molecule has 0 saturated carbocycles. The fraction of sp³-hybridized carbons (Fsp3) is 0.211. The van der Waals surface area contributed by atoms with Gasteiger partial charge in [0.2, 0.25) is 0 Å². The molecule has 0 N–H and O–H groups in total. The van der Waals surface area contributed by atoms with Crippen LogP contribution in [0.5, 0.6) is 5.75 Å². The molecule has 0 aliphatic carbocycles. The quantitative estimate of drug-likeness (QED) is 0.524. The van der Waals surface area contributed by atoms with E-state index in [-0.39, 0.29) is 5.78 Å². The third-order valence-corrected chi connectivity index (χ3v) is 3.57. The summed E-state index contributed by atoms with van der Waals surface area (Å²) in [6.07, 6.45) is 5.46. The minimum Gasteiger partial charge on any atom is -0.475 e. The average molecular weight is 292 g/mol. The molecule has 0 saturated heterocycles. The minimum absolute atomic E-state index is 0.0251. The summed E-state index contributed by atoms with van der Waals surface area (Å²) in [5, 5.41) is 1.80. The Hall–Kier alpha value is -2.73. The van der Waals surface area contributed by atoms with Crippen LogP contribution in [-0.4, -0.2) is 11.4 Å². The number of hydrogen-bond acceptors (Lipinski definition) is 3. The molecule has 1 aromatic heterocycles. The second-order valence-electron chi connectivity index (χ2n) is 5.78. The average Bonchev–Trinajstić information content (AvgIpc) is 2.84. The summed E-state index contributed by atoms with van der Waals surface area (Å²) in [5.41, 5.74) is 1.47. The number of carbonyl (C=O) groups is 1. The normalized spacial score (nSPS) is 11.5. The Labute approximate surface area is 128 Å². The van der Waals surface area contributed by atoms with E-state index in [0.717, 1.165) is 21.9 Å². The molecule has 22 heavy (non-hydrogen) atoms. The molecular weight excluding hydrogens is 276 g/mol. The van der Waals surface area contributed by atoms with E-state index < -0.39 is 5.60 Å². The first-order valence-electron chi connectivity index (χ1n) is 7.04. The van der Waals surface area contributed by atoms with Crippen molar-refractivity contribution in [3.63, 3.8) is 0 Å². The number of Topliss-reactive ketones (excluding diaryl/α,β-unsaturated/α-hetero) is 1. The lowest BCUT2D eigenvalue weighted by Crippen LogP contribution is -2.25. The number of ether oxygens (including phenoxy) is 1. The Balaban J connectivity index is 2.17. The molecule has 3 nitrogen and oxygen atoms in total. The highest BCUT2D eigenvalue weighted by Crippen LogP contribution is 2.33. The van der Waals surface area contributed by atoms with E-state index in [4.69, 9.17) is 15.6 Å². The Kier molecular flexibility index (Phi) is 3.18. The van der Waals surface area contributed by atoms with Crippen molar-refractivity contribution >= 4 is 27.7 Å². The van der Waals surface area contributed by atoms with Crippen molar-refractivity contribution < 1.29 is 13.9 Å². The highest BCUT2D eigenvalue weighted by atomic mass is 16.5. The highest BCUT2D eigenvalue weighted by molar-refractivity contribution is 6.08. The maximum absolute atomic E-state index is 11.6. The van der Waals surface area contributed by atoms with Crippen LogP contribution in [0.2, 0.25) is 0 Å². The van der Waals surface area contributed by atoms with Gasteiger partial charge >= 0.3 is 0 Å². The third kappa shape index (κ3) is 2.44. The van der Waals surface area contributed by atoms with Crippen LogP contribution in [-0.2, 0) is 0 Å². The van der Waals surface area contributed by atoms with Gasteiger partial charge in [0.25, 0.3) is 0 Å². The molecule has 0 unspecified atom stereocenters. The van der Waals surface area contributed by atoms with Gasteiger partial charge in [0, 0.05) is 16.3 Å². The number of hydrogen-bond donors (Lipinski definition) is 0. The zero-order chi connectivity index (χ0) is 15.9. The molecular formula is C19H16O3. The highest BCUT2D eigenvalue weighted by Gasteiger charge is 2.17. The van der Waals surface area contributed by atoms with Crippen molar-refractivity contribution in [1.29, 1.82) is 0 Å². The Morgan fingerprint density at radius 3 is 2.41 bits per heavy atom. The predicted octanol–water partition coefficient (Wildman–Crippen LogP) is 4.58. The second-order valence-corrected chi connectivity index (χ2v) is 5.78. The smallest absolute Gasteiger partial charge is 0.163 e. The van der Waals surface area contributed by atoms with Gasteiger partial charge in [0.05, 0.1) is 0 Å². The summed E-state index contributed by atoms with van der Waals surface area (Å²) in [6.45, 7) is 5.21. The van der Waals surface area contributed by atoms with Gasteiger partial charge in [-0.05, 0) is 57.2 Å². The lowest BCUT2D eigenvalue weighted by atomic mass is 10.1. The molecule has 3 heteroatoms. The van der Waals surface area contributed by atoms with Crippen molar-refractivity contribution in [3.8, 4) is 18.1 Å². The van der Waals surface area contributed by atoms with Crippen LogP contribution >= 0.6 is 0 Å². The van der Waals surface area contributed by atoms with Gasteiger partial charge in [-0.2, -0.15) is 0 Å². The van der Waals surface area contributed by atoms with E-state index in [2.05, 4.69) is 5.92 Å². The molecule has 0 bridgehead atoms. The topological polar surface area (TPSA) is 39.4 Å². The lowest BCUT2D eigenvalue weighted by molar-refractivity contribution is 0.101. The SMILES string of the molecule is C#CC(C)(C)Oc1ccc2oc3ccc(C(C)=O)cc3c2c1. The van der Waals surface area contributed by atoms with E-state index in [1.165, 1.54) is 0 Å². The first kappa shape index (κ1) is 14.2. The predicted molar refractivity (Wildman–Crippen MR) is 87.3 cm³/mol. The van der Waals surface area contributed by atoms with Gasteiger partial charge in [-0.3, -0.25) is 4.79 Å². The van der Waals surface area contributed by atoms with Crippen molar-refractivity contribution in [2.45, 2.75) is 26.4 Å². The standard InChI is InChI=1S/C19H16O3/c1-5-19(3,4)22-14-7-9-18-16(11-14)15-10-13(12(2)20)6-8-17(15)21-18/h1,6-11H,2-4H3. The molecule has 110 valence electrons. The molecule has 0 radical (unpaired) electrons. The molecule has 0 aliphatic rings. The van der Waals surface area contributed by atoms with Crippen molar-refractivity contribution in [2.75, 3.05) is 0 Å². The number of ketones is 1. The summed E-state index contributed by atoms with van der Waals surface area (Å²) in [4.78, 5) is 11.6. The summed E-state index contributed by atoms with van der Waals surface area (Å²) in [6, 6.07) is 11.0. The third-order valence-electron chi connectivity index (χ3n) is 3.57. The van der Waals surface area contributed by atoms with Gasteiger partial charge in [-0.25, -0.2) is 0 Å². The molecule has 1 heterocycles. The molecule has 0 aliphatic heterocycles. The first-order chi connectivity index (χ1) is 10.4. The van der Waals surface area contributed by atoms with Crippen LogP contribution in [0.15, 0.2) is 40.8 Å². The van der Waals surface area contributed by atoms with Crippen LogP contribution in [0.4, 0.5) is 0 Å². The molecule has 0 atom stereocenters. The maximum Gasteiger partial charge on any atom is 0.163 e. The fourth-order valence-electron chi connectivity index (χ4n) is 2.36. The number of rotatable bonds is 3. The molecule has 0 amide bonds. The van der Waals surface area contributed by atoms with E-state index in [0.29, 0.717) is 11.3 Å². The molecule has 0 fully saturated rings. The number of benzene rings is 2. The Bertz CT molecular complexity index is 923. The van der Waals surface area contributed by atoms with Crippen LogP contribution in [0, 0.1) is 12.3 Å². The fourth-order valence-corrected chi connectivity index (χ4v) is 2.36. The summed E-state index contributed by atoms with van der Waals surface area (Å²) in [5.74, 6) is 3.30. The molecule has 2 aromatic carbocycles. The van der Waals surface area contributed by atoms with E-state index in [1.54, 1.807) is 13.0 Å². The van der Waals surface area contributed by atoms with E-state index in [1.807, 2.05) is 44.2 Å². The maximum atomic E-state index is 11.6. The van der Waals surface area contributed by atoms with Crippen molar-refractivity contribution in [2.24, 2.45) is 0 Å². The van der Waals surface area contributed by atoms with Gasteiger partial charge in [-0.15, -0.1) is 6.42 Å². The van der Waals surface area contributed by atoms with Crippen molar-refractivity contribution in [1.82, 2.24) is 0 Å².